The van der Waals surface area contributed by atoms with Gasteiger partial charge >= 0.3 is 6.03 Å². The number of imide groups is 1. The summed E-state index contributed by atoms with van der Waals surface area (Å²) in [7, 11) is 0. The van der Waals surface area contributed by atoms with E-state index in [1.807, 2.05) is 0 Å². The van der Waals surface area contributed by atoms with Crippen LogP contribution in [0.25, 0.3) is 0 Å². The Morgan fingerprint density at radius 2 is 1.87 bits per heavy atom. The van der Waals surface area contributed by atoms with Gasteiger partial charge in [0.15, 0.2) is 0 Å². The van der Waals surface area contributed by atoms with Crippen LogP contribution in [0.15, 0.2) is 35.9 Å². The fourth-order valence-electron chi connectivity index (χ4n) is 6.50. The number of carbonyl (C=O) groups excluding carboxylic acids is 2. The number of benzene rings is 1. The number of fused-ring (bicyclic) bond motifs is 1. The number of likely N-dealkylation sites (tertiary alicyclic amines) is 1. The number of amides is 3. The summed E-state index contributed by atoms with van der Waals surface area (Å²) in [6, 6.07) is 6.05. The number of nitrogens with one attached hydrogen (secondary N) is 2. The number of piperidine rings is 1. The molecule has 3 amide bonds. The van der Waals surface area contributed by atoms with Crippen molar-refractivity contribution in [1.29, 1.82) is 0 Å². The number of nitrogens with zero attached hydrogens (tertiary/aromatic N) is 1. The van der Waals surface area contributed by atoms with Gasteiger partial charge in [0.1, 0.15) is 11.4 Å². The van der Waals surface area contributed by atoms with E-state index in [9.17, 15) is 14.0 Å². The average Bonchev–Trinajstić information content (AvgIpc) is 3.04. The Labute approximate surface area is 183 Å². The zero-order valence-corrected chi connectivity index (χ0v) is 18.4. The van der Waals surface area contributed by atoms with E-state index in [0.29, 0.717) is 16.9 Å². The molecule has 3 fully saturated rings. The number of urea groups is 1. The molecule has 3 aliphatic carbocycles. The molecule has 166 valence electrons. The lowest BCUT2D eigenvalue weighted by atomic mass is 9.49. The summed E-state index contributed by atoms with van der Waals surface area (Å²) in [5.41, 5.74) is 1.41. The molecule has 0 aromatic heterocycles. The van der Waals surface area contributed by atoms with Gasteiger partial charge in [-0.1, -0.05) is 43.7 Å². The van der Waals surface area contributed by atoms with E-state index in [2.05, 4.69) is 35.5 Å². The van der Waals surface area contributed by atoms with Gasteiger partial charge in [0.2, 0.25) is 0 Å². The highest BCUT2D eigenvalue weighted by Gasteiger charge is 2.53. The SMILES string of the molecule is CC1(C)[C@H]2CC=C(CN3CCC([C@@]4(Cc5ccccc5F)NC(=O)NC4=O)CC3)[C@@H]1C2. The van der Waals surface area contributed by atoms with Crippen molar-refractivity contribution in [3.05, 3.63) is 47.3 Å². The topological polar surface area (TPSA) is 61.4 Å². The highest BCUT2D eigenvalue weighted by molar-refractivity contribution is 6.07. The molecule has 5 nitrogen and oxygen atoms in total. The highest BCUT2D eigenvalue weighted by Crippen LogP contribution is 2.59. The standard InChI is InChI=1S/C25H32FN3O2/c1-24(2)19-8-7-17(20(24)13-19)15-29-11-9-18(10-12-29)25(22(30)27-23(31)28-25)14-16-5-3-4-6-21(16)26/h3-7,18-20H,8-15H2,1-2H3,(H2,27,28,30,31)/t19-,20-,25+/m0/s1. The predicted molar refractivity (Wildman–Crippen MR) is 117 cm³/mol. The quantitative estimate of drug-likeness (QED) is 0.559. The molecule has 5 aliphatic rings. The Kier molecular flexibility index (Phi) is 4.96. The normalized spacial score (nSPS) is 32.8. The van der Waals surface area contributed by atoms with Gasteiger partial charge in [0.05, 0.1) is 0 Å². The molecule has 2 saturated heterocycles. The zero-order valence-electron chi connectivity index (χ0n) is 18.4. The van der Waals surface area contributed by atoms with Gasteiger partial charge in [0.25, 0.3) is 5.91 Å². The van der Waals surface area contributed by atoms with Crippen molar-refractivity contribution in [3.63, 3.8) is 0 Å². The van der Waals surface area contributed by atoms with Crippen molar-refractivity contribution >= 4 is 11.9 Å². The molecular formula is C25H32FN3O2. The van der Waals surface area contributed by atoms with Gasteiger partial charge in [-0.3, -0.25) is 15.0 Å². The predicted octanol–water partition coefficient (Wildman–Crippen LogP) is 3.65. The van der Waals surface area contributed by atoms with E-state index < -0.39 is 11.6 Å². The fourth-order valence-corrected chi connectivity index (χ4v) is 6.50. The third-order valence-corrected chi connectivity index (χ3v) is 8.67. The molecule has 1 saturated carbocycles. The van der Waals surface area contributed by atoms with Crippen molar-refractivity contribution in [3.8, 4) is 0 Å². The van der Waals surface area contributed by atoms with Crippen LogP contribution < -0.4 is 10.6 Å². The van der Waals surface area contributed by atoms with Crippen LogP contribution in [-0.4, -0.2) is 42.0 Å². The van der Waals surface area contributed by atoms with E-state index in [1.54, 1.807) is 23.8 Å². The summed E-state index contributed by atoms with van der Waals surface area (Å²) < 4.78 is 14.4. The second-order valence-electron chi connectivity index (χ2n) is 10.5. The minimum absolute atomic E-state index is 0.0142. The number of halogens is 1. The maximum Gasteiger partial charge on any atom is 0.322 e. The van der Waals surface area contributed by atoms with E-state index in [1.165, 1.54) is 18.9 Å². The summed E-state index contributed by atoms with van der Waals surface area (Å²) >= 11 is 0. The lowest BCUT2D eigenvalue weighted by Crippen LogP contribution is -2.58. The van der Waals surface area contributed by atoms with Gasteiger partial charge < -0.3 is 5.32 Å². The van der Waals surface area contributed by atoms with Crippen molar-refractivity contribution in [2.75, 3.05) is 19.6 Å². The van der Waals surface area contributed by atoms with Crippen LogP contribution in [0, 0.1) is 29.0 Å². The summed E-state index contributed by atoms with van der Waals surface area (Å²) in [6.45, 7) is 7.59. The second kappa shape index (κ2) is 7.44. The largest absolute Gasteiger partial charge is 0.323 e. The molecule has 0 radical (unpaired) electrons. The van der Waals surface area contributed by atoms with Gasteiger partial charge in [-0.05, 0) is 73.6 Å². The molecule has 6 heteroatoms. The average molecular weight is 426 g/mol. The van der Waals surface area contributed by atoms with E-state index in [-0.39, 0.29) is 24.1 Å². The van der Waals surface area contributed by atoms with Gasteiger partial charge in [-0.15, -0.1) is 0 Å². The maximum atomic E-state index is 14.4. The third kappa shape index (κ3) is 3.39. The Bertz CT molecular complexity index is 934. The fraction of sp³-hybridized carbons (Fsp3) is 0.600. The van der Waals surface area contributed by atoms with Gasteiger partial charge in [-0.25, -0.2) is 9.18 Å². The van der Waals surface area contributed by atoms with E-state index in [0.717, 1.165) is 38.4 Å². The number of carbonyl (C=O) groups is 2. The van der Waals surface area contributed by atoms with Crippen molar-refractivity contribution in [2.45, 2.75) is 51.5 Å². The molecule has 6 rings (SSSR count). The van der Waals surface area contributed by atoms with Crippen LogP contribution in [0.3, 0.4) is 0 Å². The number of allylic oxidation sites excluding steroid dienone is 1. The molecule has 0 spiro atoms. The first-order chi connectivity index (χ1) is 14.8. The molecule has 0 unspecified atom stereocenters. The first-order valence-corrected chi connectivity index (χ1v) is 11.6. The molecular weight excluding hydrogens is 393 g/mol. The first-order valence-electron chi connectivity index (χ1n) is 11.6. The number of rotatable bonds is 5. The van der Waals surface area contributed by atoms with Crippen LogP contribution in [0.2, 0.25) is 0 Å². The van der Waals surface area contributed by atoms with Crippen molar-refractivity contribution in [2.24, 2.45) is 23.2 Å². The van der Waals surface area contributed by atoms with Crippen LogP contribution in [0.5, 0.6) is 0 Å². The summed E-state index contributed by atoms with van der Waals surface area (Å²) in [6.07, 6.45) is 6.80. The lowest BCUT2D eigenvalue weighted by molar-refractivity contribution is -0.126. The molecule has 2 heterocycles. The molecule has 31 heavy (non-hydrogen) atoms. The molecule has 2 bridgehead atoms. The Hall–Kier alpha value is -2.21. The maximum absolute atomic E-state index is 14.4. The van der Waals surface area contributed by atoms with E-state index in [4.69, 9.17) is 0 Å². The summed E-state index contributed by atoms with van der Waals surface area (Å²) in [5.74, 6) is 0.876. The minimum atomic E-state index is -1.07. The number of hydrogen-bond donors (Lipinski definition) is 2. The molecule has 3 atom stereocenters. The Morgan fingerprint density at radius 1 is 1.13 bits per heavy atom. The smallest absolute Gasteiger partial charge is 0.322 e. The van der Waals surface area contributed by atoms with Crippen LogP contribution in [-0.2, 0) is 11.2 Å². The summed E-state index contributed by atoms with van der Waals surface area (Å²) in [5, 5.41) is 5.29. The lowest BCUT2D eigenvalue weighted by Gasteiger charge is -2.57. The number of hydrogen-bond acceptors (Lipinski definition) is 3. The minimum Gasteiger partial charge on any atom is -0.323 e. The second-order valence-corrected chi connectivity index (χ2v) is 10.5. The monoisotopic (exact) mass is 425 g/mol. The molecule has 1 aromatic carbocycles. The summed E-state index contributed by atoms with van der Waals surface area (Å²) in [4.78, 5) is 27.4. The van der Waals surface area contributed by atoms with Gasteiger partial charge in [-0.2, -0.15) is 0 Å². The van der Waals surface area contributed by atoms with Crippen LogP contribution in [0.4, 0.5) is 9.18 Å². The molecule has 2 N–H and O–H groups in total. The molecule has 1 aromatic rings. The van der Waals surface area contributed by atoms with E-state index >= 15 is 0 Å². The third-order valence-electron chi connectivity index (χ3n) is 8.67. The van der Waals surface area contributed by atoms with Crippen molar-refractivity contribution < 1.29 is 14.0 Å². The van der Waals surface area contributed by atoms with Crippen molar-refractivity contribution in [1.82, 2.24) is 15.5 Å². The first kappa shape index (κ1) is 20.7. The zero-order chi connectivity index (χ0) is 21.8. The van der Waals surface area contributed by atoms with Gasteiger partial charge in [0, 0.05) is 13.0 Å². The Balaban J connectivity index is 1.28. The Morgan fingerprint density at radius 3 is 2.48 bits per heavy atom. The van der Waals surface area contributed by atoms with Crippen LogP contribution >= 0.6 is 0 Å². The van der Waals surface area contributed by atoms with Crippen LogP contribution in [0.1, 0.15) is 45.1 Å². The highest BCUT2D eigenvalue weighted by atomic mass is 19.1. The molecule has 2 aliphatic heterocycles.